The minimum atomic E-state index is -0.962. The summed E-state index contributed by atoms with van der Waals surface area (Å²) >= 11 is 0. The highest BCUT2D eigenvalue weighted by atomic mass is 16.4. The zero-order valence-corrected chi connectivity index (χ0v) is 11.6. The number of fused-ring (bicyclic) bond motifs is 1. The Morgan fingerprint density at radius 3 is 2.71 bits per heavy atom. The van der Waals surface area contributed by atoms with Crippen LogP contribution >= 0.6 is 0 Å². The molecule has 108 valence electrons. The zero-order chi connectivity index (χ0) is 15.4. The monoisotopic (exact) mass is 285 g/mol. The number of aromatic nitrogens is 2. The van der Waals surface area contributed by atoms with Crippen molar-refractivity contribution in [2.75, 3.05) is 0 Å². The molecule has 1 aromatic heterocycles. The molecule has 1 heterocycles. The highest BCUT2D eigenvalue weighted by Crippen LogP contribution is 2.22. The van der Waals surface area contributed by atoms with Crippen molar-refractivity contribution in [3.05, 3.63) is 30.1 Å². The summed E-state index contributed by atoms with van der Waals surface area (Å²) in [6.07, 6.45) is 0.219. The zero-order valence-electron chi connectivity index (χ0n) is 11.6. The number of nitriles is 1. The number of rotatable bonds is 6. The molecule has 1 aromatic carbocycles. The second kappa shape index (κ2) is 6.18. The van der Waals surface area contributed by atoms with E-state index in [4.69, 9.17) is 5.11 Å². The molecule has 0 aliphatic carbocycles. The van der Waals surface area contributed by atoms with E-state index >= 15 is 0 Å². The summed E-state index contributed by atoms with van der Waals surface area (Å²) in [7, 11) is 1.76. The van der Waals surface area contributed by atoms with E-state index in [0.717, 1.165) is 11.0 Å². The summed E-state index contributed by atoms with van der Waals surface area (Å²) in [6.45, 7) is 0. The summed E-state index contributed by atoms with van der Waals surface area (Å²) in [4.78, 5) is 26.9. The van der Waals surface area contributed by atoms with Gasteiger partial charge in [0.1, 0.15) is 5.82 Å². The molecular formula is C15H15N3O3. The molecule has 0 radical (unpaired) electrons. The van der Waals surface area contributed by atoms with E-state index in [1.54, 1.807) is 11.6 Å². The highest BCUT2D eigenvalue weighted by Gasteiger charge is 2.25. The number of carbonyl (C=O) groups is 2. The van der Waals surface area contributed by atoms with Crippen LogP contribution in [0.5, 0.6) is 0 Å². The van der Waals surface area contributed by atoms with Gasteiger partial charge in [0.2, 0.25) is 0 Å². The third kappa shape index (κ3) is 3.08. The minimum Gasteiger partial charge on any atom is -0.481 e. The molecule has 0 saturated heterocycles. The van der Waals surface area contributed by atoms with Crippen molar-refractivity contribution in [3.63, 3.8) is 0 Å². The van der Waals surface area contributed by atoms with E-state index < -0.39 is 11.9 Å². The molecule has 6 heteroatoms. The van der Waals surface area contributed by atoms with Crippen LogP contribution in [-0.2, 0) is 16.6 Å². The molecule has 0 saturated carbocycles. The van der Waals surface area contributed by atoms with Crippen molar-refractivity contribution in [1.29, 1.82) is 5.26 Å². The first-order valence-corrected chi connectivity index (χ1v) is 6.60. The minimum absolute atomic E-state index is 0.0632. The predicted molar refractivity (Wildman–Crippen MR) is 75.6 cm³/mol. The molecule has 1 unspecified atom stereocenters. The lowest BCUT2D eigenvalue weighted by Gasteiger charge is -2.08. The number of aliphatic carboxylic acids is 1. The maximum Gasteiger partial charge on any atom is 0.303 e. The normalized spacial score (nSPS) is 12.0. The van der Waals surface area contributed by atoms with Crippen LogP contribution in [0.4, 0.5) is 0 Å². The molecule has 1 N–H and O–H groups in total. The molecule has 1 atom stereocenters. The quantitative estimate of drug-likeness (QED) is 0.875. The Bertz CT molecular complexity index is 727. The fraction of sp³-hybridized carbons (Fsp3) is 0.333. The van der Waals surface area contributed by atoms with Gasteiger partial charge in [0.25, 0.3) is 0 Å². The van der Waals surface area contributed by atoms with Crippen LogP contribution in [0.15, 0.2) is 24.3 Å². The standard InChI is InChI=1S/C15H15N3O3/c1-18-12-6-3-2-5-11(12)17-15(18)10(9-16)13(19)7-4-8-14(20)21/h2-3,5-6,10H,4,7-8H2,1H3,(H,20,21). The smallest absolute Gasteiger partial charge is 0.303 e. The van der Waals surface area contributed by atoms with Crippen LogP contribution in [-0.4, -0.2) is 26.4 Å². The number of hydrogen-bond donors (Lipinski definition) is 1. The summed E-state index contributed by atoms with van der Waals surface area (Å²) < 4.78 is 1.73. The molecule has 0 spiro atoms. The number of aryl methyl sites for hydroxylation is 1. The first-order chi connectivity index (χ1) is 10.0. The van der Waals surface area contributed by atoms with E-state index in [0.29, 0.717) is 5.82 Å². The number of carboxylic acid groups (broad SMARTS) is 1. The van der Waals surface area contributed by atoms with Crippen LogP contribution in [0, 0.1) is 11.3 Å². The Labute approximate surface area is 121 Å². The van der Waals surface area contributed by atoms with Gasteiger partial charge in [-0.1, -0.05) is 12.1 Å². The van der Waals surface area contributed by atoms with Crippen LogP contribution in [0.25, 0.3) is 11.0 Å². The molecule has 0 amide bonds. The average Bonchev–Trinajstić information content (AvgIpc) is 2.77. The van der Waals surface area contributed by atoms with E-state index in [-0.39, 0.29) is 25.0 Å². The molecule has 0 aliphatic rings. The Morgan fingerprint density at radius 2 is 2.10 bits per heavy atom. The van der Waals surface area contributed by atoms with Gasteiger partial charge in [-0.15, -0.1) is 0 Å². The lowest BCUT2D eigenvalue weighted by atomic mass is 10.00. The van der Waals surface area contributed by atoms with Crippen LogP contribution in [0.2, 0.25) is 0 Å². The van der Waals surface area contributed by atoms with Crippen molar-refractivity contribution >= 4 is 22.8 Å². The van der Waals surface area contributed by atoms with Gasteiger partial charge < -0.3 is 9.67 Å². The number of benzene rings is 1. The lowest BCUT2D eigenvalue weighted by molar-refractivity contribution is -0.137. The fourth-order valence-electron chi connectivity index (χ4n) is 2.25. The maximum atomic E-state index is 12.1. The van der Waals surface area contributed by atoms with E-state index in [1.807, 2.05) is 30.3 Å². The number of ketones is 1. The van der Waals surface area contributed by atoms with Crippen LogP contribution in [0.3, 0.4) is 0 Å². The second-order valence-corrected chi connectivity index (χ2v) is 4.79. The summed E-state index contributed by atoms with van der Waals surface area (Å²) in [6, 6.07) is 9.38. The predicted octanol–water partition coefficient (Wildman–Crippen LogP) is 2.00. The fourth-order valence-corrected chi connectivity index (χ4v) is 2.25. The number of nitrogens with zero attached hydrogens (tertiary/aromatic N) is 3. The third-order valence-electron chi connectivity index (χ3n) is 3.34. The van der Waals surface area contributed by atoms with Crippen molar-refractivity contribution in [2.45, 2.75) is 25.2 Å². The third-order valence-corrected chi connectivity index (χ3v) is 3.34. The number of hydrogen-bond acceptors (Lipinski definition) is 4. The second-order valence-electron chi connectivity index (χ2n) is 4.79. The molecule has 21 heavy (non-hydrogen) atoms. The topological polar surface area (TPSA) is 96.0 Å². The molecule has 0 bridgehead atoms. The number of Topliss-reactive ketones (excluding diaryl/α,β-unsaturated/α-hetero) is 1. The molecule has 0 aliphatic heterocycles. The van der Waals surface area contributed by atoms with Crippen molar-refractivity contribution in [1.82, 2.24) is 9.55 Å². The molecule has 0 fully saturated rings. The van der Waals surface area contributed by atoms with E-state index in [2.05, 4.69) is 4.98 Å². The van der Waals surface area contributed by atoms with Crippen LogP contribution < -0.4 is 0 Å². The Balaban J connectivity index is 2.23. The number of carboxylic acids is 1. The van der Waals surface area contributed by atoms with Gasteiger partial charge in [-0.2, -0.15) is 5.26 Å². The largest absolute Gasteiger partial charge is 0.481 e. The molecule has 2 aromatic rings. The number of para-hydroxylation sites is 2. The summed E-state index contributed by atoms with van der Waals surface area (Å²) in [5.41, 5.74) is 1.58. The first-order valence-electron chi connectivity index (χ1n) is 6.60. The van der Waals surface area contributed by atoms with Gasteiger partial charge in [0.15, 0.2) is 11.7 Å². The number of carbonyl (C=O) groups excluding carboxylic acids is 1. The van der Waals surface area contributed by atoms with Gasteiger partial charge in [0.05, 0.1) is 17.1 Å². The van der Waals surface area contributed by atoms with Crippen molar-refractivity contribution < 1.29 is 14.7 Å². The van der Waals surface area contributed by atoms with Gasteiger partial charge in [0, 0.05) is 19.9 Å². The Morgan fingerprint density at radius 1 is 1.38 bits per heavy atom. The SMILES string of the molecule is Cn1c(C(C#N)C(=O)CCCC(=O)O)nc2ccccc21. The van der Waals surface area contributed by atoms with Crippen molar-refractivity contribution in [2.24, 2.45) is 7.05 Å². The average molecular weight is 285 g/mol. The van der Waals surface area contributed by atoms with Gasteiger partial charge in [-0.25, -0.2) is 4.98 Å². The molecular weight excluding hydrogens is 270 g/mol. The van der Waals surface area contributed by atoms with E-state index in [1.165, 1.54) is 0 Å². The maximum absolute atomic E-state index is 12.1. The Hall–Kier alpha value is -2.68. The summed E-state index contributed by atoms with van der Waals surface area (Å²) in [5.74, 6) is -1.80. The highest BCUT2D eigenvalue weighted by molar-refractivity contribution is 5.89. The van der Waals surface area contributed by atoms with E-state index in [9.17, 15) is 14.9 Å². The Kier molecular flexibility index (Phi) is 4.33. The van der Waals surface area contributed by atoms with Gasteiger partial charge in [-0.05, 0) is 18.6 Å². The number of imidazole rings is 1. The summed E-state index contributed by atoms with van der Waals surface area (Å²) in [5, 5.41) is 17.9. The first kappa shape index (κ1) is 14.7. The lowest BCUT2D eigenvalue weighted by Crippen LogP contribution is -2.15. The van der Waals surface area contributed by atoms with Crippen molar-refractivity contribution in [3.8, 4) is 6.07 Å². The van der Waals surface area contributed by atoms with Crippen LogP contribution in [0.1, 0.15) is 31.0 Å². The molecule has 2 rings (SSSR count). The van der Waals surface area contributed by atoms with Gasteiger partial charge >= 0.3 is 5.97 Å². The molecule has 6 nitrogen and oxygen atoms in total. The van der Waals surface area contributed by atoms with Gasteiger partial charge in [-0.3, -0.25) is 9.59 Å².